The maximum Gasteiger partial charge on any atom is 0.333 e. The average molecular weight is 974 g/mol. The standard InChI is InChI=1S/C56H67N3O10S/c1-4-53(60)64-27-8-7-26-59(56-58-50-10-5-6-11-52(50)70-56)57-35-46-34-49(67-36-40-12-15-42(16-13-40)43-18-21-47(22-19-43)63-30-31-66-55(61)39(2)3)24-25-51(46)68-37-41-14-17-45-33-48(23-20-44(45)32-41)62-28-9-29-65-54-38-69-54/h4-6,10-11,14,17,20,23-25,32-35,40,42-43,47,54H,1-2,7-9,12-13,15-16,18-19,21-22,26-31,36-38H2,3H3/b57-35+. The number of unbranched alkanes of at least 4 members (excludes halogenated alkanes) is 1. The summed E-state index contributed by atoms with van der Waals surface area (Å²) in [5.41, 5.74) is 3.14. The third-order valence-corrected chi connectivity index (χ3v) is 14.3. The molecule has 5 aromatic rings. The molecule has 1 unspecified atom stereocenters. The number of thiazole rings is 1. The molecule has 8 rings (SSSR count). The van der Waals surface area contributed by atoms with E-state index in [2.05, 4.69) is 49.6 Å². The van der Waals surface area contributed by atoms with Crippen LogP contribution in [0.15, 0.2) is 109 Å². The van der Waals surface area contributed by atoms with Crippen molar-refractivity contribution in [3.05, 3.63) is 115 Å². The van der Waals surface area contributed by atoms with Gasteiger partial charge < -0.3 is 37.9 Å². The SMILES string of the molecule is C=CC(=O)OCCCCN(/N=C/c1cc(OCC2CCC(C3CCC(OCCOC(=O)C(=C)C)CC3)CC2)ccc1OCc1ccc2cc(OCCCOC3CO3)ccc2c1)c1nc2ccccc2s1. The third-order valence-electron chi connectivity index (χ3n) is 13.2. The molecular formula is C56H67N3O10S. The maximum absolute atomic E-state index is 11.7. The lowest BCUT2D eigenvalue weighted by molar-refractivity contribution is -0.141. The van der Waals surface area contributed by atoms with Crippen LogP contribution in [0.25, 0.3) is 21.0 Å². The van der Waals surface area contributed by atoms with Crippen LogP contribution in [0.1, 0.15) is 88.7 Å². The van der Waals surface area contributed by atoms with Crippen LogP contribution >= 0.6 is 11.3 Å². The summed E-state index contributed by atoms with van der Waals surface area (Å²) in [6, 6.07) is 26.6. The zero-order chi connectivity index (χ0) is 48.5. The number of anilines is 1. The molecule has 1 aromatic heterocycles. The van der Waals surface area contributed by atoms with Crippen LogP contribution in [0.2, 0.25) is 0 Å². The molecule has 2 heterocycles. The number of aromatic nitrogens is 1. The first-order valence-corrected chi connectivity index (χ1v) is 25.8. The fraction of sp³-hybridized carbons (Fsp3) is 0.464. The lowest BCUT2D eigenvalue weighted by Gasteiger charge is -2.37. The number of ether oxygens (including phenoxy) is 8. The molecule has 14 heteroatoms. The zero-order valence-electron chi connectivity index (χ0n) is 40.4. The van der Waals surface area contributed by atoms with Crippen LogP contribution in [0.5, 0.6) is 17.2 Å². The summed E-state index contributed by atoms with van der Waals surface area (Å²) in [5.74, 6) is 3.46. The number of hydrazone groups is 1. The van der Waals surface area contributed by atoms with E-state index in [9.17, 15) is 9.59 Å². The summed E-state index contributed by atoms with van der Waals surface area (Å²) in [6.45, 7) is 13.2. The molecule has 3 aliphatic rings. The van der Waals surface area contributed by atoms with E-state index in [1.165, 1.54) is 31.8 Å². The van der Waals surface area contributed by atoms with Crippen LogP contribution in [0, 0.1) is 17.8 Å². The Balaban J connectivity index is 0.897. The van der Waals surface area contributed by atoms with Gasteiger partial charge in [-0.25, -0.2) is 19.6 Å². The van der Waals surface area contributed by atoms with Crippen LogP contribution in [0.3, 0.4) is 0 Å². The van der Waals surface area contributed by atoms with Gasteiger partial charge in [0.2, 0.25) is 5.13 Å². The summed E-state index contributed by atoms with van der Waals surface area (Å²) in [5, 5.41) is 9.91. The van der Waals surface area contributed by atoms with E-state index in [0.717, 1.165) is 99.1 Å². The topological polar surface area (TPSA) is 140 Å². The van der Waals surface area contributed by atoms with Crippen LogP contribution < -0.4 is 19.2 Å². The zero-order valence-corrected chi connectivity index (χ0v) is 41.3. The second kappa shape index (κ2) is 25.9. The molecule has 0 radical (unpaired) electrons. The molecular weight excluding hydrogens is 907 g/mol. The van der Waals surface area contributed by atoms with E-state index in [4.69, 9.17) is 48.0 Å². The highest BCUT2D eigenvalue weighted by molar-refractivity contribution is 7.22. The number of hydrogen-bond donors (Lipinski definition) is 0. The first-order valence-electron chi connectivity index (χ1n) is 24.9. The molecule has 1 atom stereocenters. The second-order valence-corrected chi connectivity index (χ2v) is 19.5. The number of hydrogen-bond acceptors (Lipinski definition) is 14. The summed E-state index contributed by atoms with van der Waals surface area (Å²) in [6.07, 6.45) is 14.7. The molecule has 1 saturated heterocycles. The van der Waals surface area contributed by atoms with Gasteiger partial charge in [-0.3, -0.25) is 0 Å². The minimum Gasteiger partial charge on any atom is -0.493 e. The highest BCUT2D eigenvalue weighted by Crippen LogP contribution is 2.41. The predicted molar refractivity (Wildman–Crippen MR) is 274 cm³/mol. The van der Waals surface area contributed by atoms with Gasteiger partial charge >= 0.3 is 11.9 Å². The number of rotatable bonds is 27. The number of esters is 2. The average Bonchev–Trinajstić information content (AvgIpc) is 4.12. The van der Waals surface area contributed by atoms with E-state index >= 15 is 0 Å². The van der Waals surface area contributed by atoms with Crippen LogP contribution in [0.4, 0.5) is 5.13 Å². The Morgan fingerprint density at radius 1 is 0.786 bits per heavy atom. The van der Waals surface area contributed by atoms with Crippen molar-refractivity contribution >= 4 is 55.6 Å². The maximum atomic E-state index is 11.7. The Labute approximate surface area is 415 Å². The summed E-state index contributed by atoms with van der Waals surface area (Å²) >= 11 is 1.58. The quantitative estimate of drug-likeness (QED) is 0.0124. The number of epoxide rings is 1. The third kappa shape index (κ3) is 15.3. The van der Waals surface area contributed by atoms with E-state index < -0.39 is 5.97 Å². The van der Waals surface area contributed by atoms with Gasteiger partial charge in [0.15, 0.2) is 6.29 Å². The predicted octanol–water partition coefficient (Wildman–Crippen LogP) is 11.4. The van der Waals surface area contributed by atoms with Gasteiger partial charge in [-0.15, -0.1) is 0 Å². The van der Waals surface area contributed by atoms with Gasteiger partial charge in [0.1, 0.15) is 37.1 Å². The number of para-hydroxylation sites is 1. The normalized spacial score (nSPS) is 20.0. The second-order valence-electron chi connectivity index (χ2n) is 18.5. The smallest absolute Gasteiger partial charge is 0.333 e. The van der Waals surface area contributed by atoms with Crippen molar-refractivity contribution in [1.29, 1.82) is 0 Å². The fourth-order valence-corrected chi connectivity index (χ4v) is 10.2. The van der Waals surface area contributed by atoms with Crippen molar-refractivity contribution in [2.45, 2.75) is 96.6 Å². The molecule has 13 nitrogen and oxygen atoms in total. The first kappa shape index (κ1) is 50.6. The molecule has 0 spiro atoms. The largest absolute Gasteiger partial charge is 0.493 e. The van der Waals surface area contributed by atoms with Crippen LogP contribution in [-0.2, 0) is 39.9 Å². The van der Waals surface area contributed by atoms with Crippen molar-refractivity contribution < 1.29 is 47.5 Å². The molecule has 3 fully saturated rings. The molecule has 70 heavy (non-hydrogen) atoms. The van der Waals surface area contributed by atoms with E-state index in [-0.39, 0.29) is 25.0 Å². The van der Waals surface area contributed by atoms with Gasteiger partial charge in [-0.05, 0) is 154 Å². The monoisotopic (exact) mass is 973 g/mol. The molecule has 2 aliphatic carbocycles. The Kier molecular flexibility index (Phi) is 18.7. The number of fused-ring (bicyclic) bond motifs is 2. The minimum absolute atomic E-state index is 0.0336. The highest BCUT2D eigenvalue weighted by atomic mass is 32.1. The number of nitrogens with zero attached hydrogens (tertiary/aromatic N) is 3. The van der Waals surface area contributed by atoms with Gasteiger partial charge in [0, 0.05) is 30.2 Å². The molecule has 0 N–H and O–H groups in total. The summed E-state index contributed by atoms with van der Waals surface area (Å²) in [7, 11) is 0. The van der Waals surface area contributed by atoms with Crippen molar-refractivity contribution in [3.8, 4) is 17.2 Å². The number of carbonyl (C=O) groups is 2. The van der Waals surface area contributed by atoms with Crippen LogP contribution in [-0.4, -0.2) is 88.3 Å². The Morgan fingerprint density at radius 2 is 1.54 bits per heavy atom. The van der Waals surface area contributed by atoms with Crippen molar-refractivity contribution in [2.24, 2.45) is 22.9 Å². The van der Waals surface area contributed by atoms with Crippen molar-refractivity contribution in [1.82, 2.24) is 4.98 Å². The van der Waals surface area contributed by atoms with E-state index in [1.54, 1.807) is 18.3 Å². The van der Waals surface area contributed by atoms with Gasteiger partial charge in [0.05, 0.1) is 55.6 Å². The lowest BCUT2D eigenvalue weighted by atomic mass is 9.71. The Bertz CT molecular complexity index is 2510. The van der Waals surface area contributed by atoms with E-state index in [0.29, 0.717) is 76.5 Å². The Hall–Kier alpha value is -5.80. The minimum atomic E-state index is -0.428. The van der Waals surface area contributed by atoms with E-state index in [1.807, 2.05) is 53.7 Å². The number of carbonyl (C=O) groups excluding carboxylic acids is 2. The molecule has 4 aromatic carbocycles. The Morgan fingerprint density at radius 3 is 2.33 bits per heavy atom. The molecule has 0 amide bonds. The van der Waals surface area contributed by atoms with Crippen molar-refractivity contribution in [2.75, 3.05) is 57.8 Å². The molecule has 372 valence electrons. The first-order chi connectivity index (χ1) is 34.3. The van der Waals surface area contributed by atoms with Crippen molar-refractivity contribution in [3.63, 3.8) is 0 Å². The highest BCUT2D eigenvalue weighted by Gasteiger charge is 2.31. The number of benzene rings is 4. The summed E-state index contributed by atoms with van der Waals surface area (Å²) < 4.78 is 47.4. The van der Waals surface area contributed by atoms with Gasteiger partial charge in [-0.2, -0.15) is 5.10 Å². The molecule has 0 bridgehead atoms. The molecule has 2 saturated carbocycles. The lowest BCUT2D eigenvalue weighted by Crippen LogP contribution is -2.30. The summed E-state index contributed by atoms with van der Waals surface area (Å²) in [4.78, 5) is 28.3. The van der Waals surface area contributed by atoms with Gasteiger partial charge in [0.25, 0.3) is 0 Å². The molecule has 1 aliphatic heterocycles. The fourth-order valence-electron chi connectivity index (χ4n) is 9.20. The van der Waals surface area contributed by atoms with Gasteiger partial charge in [-0.1, -0.05) is 54.8 Å².